The largest absolute Gasteiger partial charge is 0.573 e. The Bertz CT molecular complexity index is 676. The van der Waals surface area contributed by atoms with Crippen LogP contribution in [0.5, 0.6) is 5.75 Å². The van der Waals surface area contributed by atoms with Crippen molar-refractivity contribution in [2.75, 3.05) is 38.2 Å². The van der Waals surface area contributed by atoms with E-state index in [9.17, 15) is 13.2 Å². The third-order valence-corrected chi connectivity index (χ3v) is 5.39. The molecule has 0 bridgehead atoms. The molecule has 0 amide bonds. The van der Waals surface area contributed by atoms with Crippen LogP contribution >= 0.6 is 24.0 Å². The number of ether oxygens (including phenoxy) is 2. The van der Waals surface area contributed by atoms with E-state index in [-0.39, 0.29) is 46.9 Å². The first-order valence-electron chi connectivity index (χ1n) is 9.63. The number of benzene rings is 1. The second-order valence-corrected chi connectivity index (χ2v) is 7.25. The molecule has 10 heteroatoms. The van der Waals surface area contributed by atoms with Crippen LogP contribution in [-0.4, -0.2) is 55.6 Å². The summed E-state index contributed by atoms with van der Waals surface area (Å²) in [6, 6.07) is 5.78. The fourth-order valence-corrected chi connectivity index (χ4v) is 4.02. The summed E-state index contributed by atoms with van der Waals surface area (Å²) in [5.41, 5.74) is 6.07. The number of anilines is 1. The Morgan fingerprint density at radius 3 is 2.48 bits per heavy atom. The molecular weight excluding hydrogens is 500 g/mol. The minimum atomic E-state index is -4.77. The molecule has 0 spiro atoms. The first-order chi connectivity index (χ1) is 13.4. The van der Waals surface area contributed by atoms with Gasteiger partial charge in [0.2, 0.25) is 0 Å². The lowest BCUT2D eigenvalue weighted by atomic mass is 9.80. The minimum absolute atomic E-state index is 0. The molecule has 0 unspecified atom stereocenters. The van der Waals surface area contributed by atoms with Crippen molar-refractivity contribution >= 4 is 35.6 Å². The topological polar surface area (TPSA) is 72.1 Å². The van der Waals surface area contributed by atoms with Crippen molar-refractivity contribution in [3.8, 4) is 5.75 Å². The van der Waals surface area contributed by atoms with Gasteiger partial charge in [0.25, 0.3) is 0 Å². The molecule has 1 aromatic rings. The van der Waals surface area contributed by atoms with Crippen LogP contribution in [0.1, 0.15) is 32.1 Å². The molecule has 0 aromatic heterocycles. The number of para-hydroxylation sites is 2. The van der Waals surface area contributed by atoms with E-state index in [4.69, 9.17) is 10.5 Å². The number of nitrogens with one attached hydrogen (secondary N) is 1. The molecule has 1 saturated heterocycles. The number of nitrogens with two attached hydrogens (primary N) is 1. The highest BCUT2D eigenvalue weighted by atomic mass is 127. The Balaban J connectivity index is 0.00000300. The van der Waals surface area contributed by atoms with E-state index < -0.39 is 6.36 Å². The van der Waals surface area contributed by atoms with E-state index in [1.807, 2.05) is 0 Å². The van der Waals surface area contributed by atoms with Crippen LogP contribution in [0.3, 0.4) is 0 Å². The van der Waals surface area contributed by atoms with Gasteiger partial charge in [-0.1, -0.05) is 31.4 Å². The Morgan fingerprint density at radius 1 is 1.17 bits per heavy atom. The summed E-state index contributed by atoms with van der Waals surface area (Å²) < 4.78 is 47.3. The smallest absolute Gasteiger partial charge is 0.404 e. The van der Waals surface area contributed by atoms with Crippen LogP contribution < -0.4 is 15.8 Å². The zero-order valence-electron chi connectivity index (χ0n) is 16.2. The standard InChI is InChI=1S/C19H27F3N4O2.HI/c20-19(21,22)28-16-7-3-2-6-15(16)25-17(23)24-14-18(8-4-1-5-9-18)26-10-12-27-13-11-26;/h2-3,6-7H,1,4-5,8-14H2,(H3,23,24,25);1H. The van der Waals surface area contributed by atoms with Crippen molar-refractivity contribution in [3.05, 3.63) is 24.3 Å². The van der Waals surface area contributed by atoms with Crippen molar-refractivity contribution in [2.24, 2.45) is 10.7 Å². The van der Waals surface area contributed by atoms with E-state index in [1.165, 1.54) is 24.6 Å². The molecule has 1 aliphatic heterocycles. The van der Waals surface area contributed by atoms with Crippen molar-refractivity contribution in [3.63, 3.8) is 0 Å². The molecule has 1 saturated carbocycles. The summed E-state index contributed by atoms with van der Waals surface area (Å²) in [7, 11) is 0. The van der Waals surface area contributed by atoms with Crippen LogP contribution in [-0.2, 0) is 4.74 Å². The zero-order valence-corrected chi connectivity index (χ0v) is 18.5. The minimum Gasteiger partial charge on any atom is -0.404 e. The number of morpholine rings is 1. The predicted molar refractivity (Wildman–Crippen MR) is 117 cm³/mol. The number of aliphatic imine (C=N–C) groups is 1. The Labute approximate surface area is 186 Å². The monoisotopic (exact) mass is 528 g/mol. The maximum Gasteiger partial charge on any atom is 0.573 e. The SMILES string of the molecule is I.NC(=NCC1(N2CCOCC2)CCCCC1)Nc1ccccc1OC(F)(F)F. The number of hydrogen-bond donors (Lipinski definition) is 2. The van der Waals surface area contributed by atoms with Crippen molar-refractivity contribution in [1.82, 2.24) is 4.90 Å². The lowest BCUT2D eigenvalue weighted by Gasteiger charge is -2.47. The molecule has 3 rings (SSSR count). The molecule has 0 radical (unpaired) electrons. The summed E-state index contributed by atoms with van der Waals surface area (Å²) in [6.07, 6.45) is 0.803. The van der Waals surface area contributed by atoms with Gasteiger partial charge in [-0.2, -0.15) is 0 Å². The maximum absolute atomic E-state index is 12.6. The average molecular weight is 528 g/mol. The number of hydrogen-bond acceptors (Lipinski definition) is 4. The predicted octanol–water partition coefficient (Wildman–Crippen LogP) is 3.96. The Kier molecular flexibility index (Phi) is 8.83. The van der Waals surface area contributed by atoms with Crippen LogP contribution in [0.4, 0.5) is 18.9 Å². The highest BCUT2D eigenvalue weighted by Crippen LogP contribution is 2.35. The molecule has 2 fully saturated rings. The highest BCUT2D eigenvalue weighted by molar-refractivity contribution is 14.0. The van der Waals surface area contributed by atoms with Gasteiger partial charge in [0.1, 0.15) is 0 Å². The first kappa shape index (κ1) is 24.0. The van der Waals surface area contributed by atoms with Crippen molar-refractivity contribution < 1.29 is 22.6 Å². The molecule has 0 atom stereocenters. The fourth-order valence-electron chi connectivity index (χ4n) is 4.02. The number of rotatable bonds is 5. The van der Waals surface area contributed by atoms with Gasteiger partial charge in [0.05, 0.1) is 25.4 Å². The van der Waals surface area contributed by atoms with E-state index in [0.717, 1.165) is 38.8 Å². The third kappa shape index (κ3) is 6.88. The van der Waals surface area contributed by atoms with Crippen molar-refractivity contribution in [2.45, 2.75) is 44.0 Å². The molecule has 1 aromatic carbocycles. The van der Waals surface area contributed by atoms with Gasteiger partial charge in [0, 0.05) is 18.6 Å². The fraction of sp³-hybridized carbons (Fsp3) is 0.632. The van der Waals surface area contributed by atoms with Crippen LogP contribution in [0, 0.1) is 0 Å². The Hall–Kier alpha value is -1.27. The molecule has 164 valence electrons. The molecule has 6 nitrogen and oxygen atoms in total. The number of halogens is 4. The second-order valence-electron chi connectivity index (χ2n) is 7.25. The summed E-state index contributed by atoms with van der Waals surface area (Å²) in [5.74, 6) is -0.259. The van der Waals surface area contributed by atoms with Gasteiger partial charge in [-0.3, -0.25) is 9.89 Å². The number of guanidine groups is 1. The molecule has 29 heavy (non-hydrogen) atoms. The summed E-state index contributed by atoms with van der Waals surface area (Å²) >= 11 is 0. The van der Waals surface area contributed by atoms with Crippen LogP contribution in [0.2, 0.25) is 0 Å². The highest BCUT2D eigenvalue weighted by Gasteiger charge is 2.38. The number of nitrogens with zero attached hydrogens (tertiary/aromatic N) is 2. The van der Waals surface area contributed by atoms with Gasteiger partial charge in [-0.05, 0) is 25.0 Å². The van der Waals surface area contributed by atoms with Crippen LogP contribution in [0.15, 0.2) is 29.3 Å². The average Bonchev–Trinajstić information content (AvgIpc) is 2.68. The molecule has 3 N–H and O–H groups in total. The lowest BCUT2D eigenvalue weighted by Crippen LogP contribution is -2.56. The molecular formula is C19H28F3IN4O2. The van der Waals surface area contributed by atoms with E-state index in [2.05, 4.69) is 19.9 Å². The van der Waals surface area contributed by atoms with E-state index in [1.54, 1.807) is 6.07 Å². The maximum atomic E-state index is 12.6. The van der Waals surface area contributed by atoms with Crippen LogP contribution in [0.25, 0.3) is 0 Å². The summed E-state index contributed by atoms with van der Waals surface area (Å²) in [5, 5.41) is 2.75. The van der Waals surface area contributed by atoms with Gasteiger partial charge in [0.15, 0.2) is 11.7 Å². The summed E-state index contributed by atoms with van der Waals surface area (Å²) in [4.78, 5) is 6.93. The van der Waals surface area contributed by atoms with E-state index >= 15 is 0 Å². The third-order valence-electron chi connectivity index (χ3n) is 5.39. The van der Waals surface area contributed by atoms with Crippen molar-refractivity contribution in [1.29, 1.82) is 0 Å². The van der Waals surface area contributed by atoms with Gasteiger partial charge in [-0.15, -0.1) is 37.1 Å². The van der Waals surface area contributed by atoms with Gasteiger partial charge >= 0.3 is 6.36 Å². The zero-order chi connectivity index (χ0) is 20.0. The Morgan fingerprint density at radius 2 is 1.83 bits per heavy atom. The summed E-state index contributed by atoms with van der Waals surface area (Å²) in [6.45, 7) is 3.66. The van der Waals surface area contributed by atoms with E-state index in [0.29, 0.717) is 19.8 Å². The van der Waals surface area contributed by atoms with Gasteiger partial charge in [-0.25, -0.2) is 0 Å². The molecule has 1 aliphatic carbocycles. The number of alkyl halides is 3. The lowest BCUT2D eigenvalue weighted by molar-refractivity contribution is -0.274. The quantitative estimate of drug-likeness (QED) is 0.344. The molecule has 2 aliphatic rings. The molecule has 1 heterocycles. The normalized spacial score (nSPS) is 20.6. The second kappa shape index (κ2) is 10.7. The first-order valence-corrected chi connectivity index (χ1v) is 9.63. The van der Waals surface area contributed by atoms with Gasteiger partial charge < -0.3 is 20.5 Å².